The Hall–Kier alpha value is -2.60. The van der Waals surface area contributed by atoms with Gasteiger partial charge in [0.05, 0.1) is 5.25 Å². The van der Waals surface area contributed by atoms with Crippen LogP contribution in [0.4, 0.5) is 0 Å². The van der Waals surface area contributed by atoms with Gasteiger partial charge >= 0.3 is 0 Å². The number of carbonyl (C=O) groups is 1. The molecular formula is C19H20N4OS. The van der Waals surface area contributed by atoms with Gasteiger partial charge in [0.2, 0.25) is 5.91 Å². The molecule has 0 aliphatic carbocycles. The average molecular weight is 352 g/mol. The number of aromatic nitrogens is 3. The summed E-state index contributed by atoms with van der Waals surface area (Å²) in [7, 11) is 0. The molecule has 0 bridgehead atoms. The van der Waals surface area contributed by atoms with Gasteiger partial charge in [0.15, 0.2) is 0 Å². The number of carbonyl (C=O) groups excluding carboxylic acids is 1. The van der Waals surface area contributed by atoms with Crippen LogP contribution in [0.15, 0.2) is 67.4 Å². The van der Waals surface area contributed by atoms with Gasteiger partial charge in [-0.15, -0.1) is 11.8 Å². The summed E-state index contributed by atoms with van der Waals surface area (Å²) in [6.07, 6.45) is 7.03. The average Bonchev–Trinajstić information content (AvgIpc) is 3.20. The summed E-state index contributed by atoms with van der Waals surface area (Å²) in [5.74, 6) is 1.68. The highest BCUT2D eigenvalue weighted by Gasteiger charge is 2.13. The zero-order chi connectivity index (χ0) is 17.5. The van der Waals surface area contributed by atoms with E-state index in [4.69, 9.17) is 0 Å². The Balaban J connectivity index is 1.46. The van der Waals surface area contributed by atoms with Crippen LogP contribution in [-0.2, 0) is 17.1 Å². The molecule has 0 saturated carbocycles. The molecule has 5 nitrogen and oxygen atoms in total. The number of nitrogens with one attached hydrogen (secondary N) is 1. The molecule has 0 aliphatic heterocycles. The van der Waals surface area contributed by atoms with E-state index in [0.717, 1.165) is 17.1 Å². The summed E-state index contributed by atoms with van der Waals surface area (Å²) in [6.45, 7) is 2.41. The quantitative estimate of drug-likeness (QED) is 0.709. The minimum atomic E-state index is -0.0987. The van der Waals surface area contributed by atoms with Crippen molar-refractivity contribution in [2.45, 2.75) is 24.5 Å². The van der Waals surface area contributed by atoms with E-state index < -0.39 is 0 Å². The van der Waals surface area contributed by atoms with Gasteiger partial charge in [-0.05, 0) is 24.1 Å². The number of pyridine rings is 1. The van der Waals surface area contributed by atoms with Crippen molar-refractivity contribution in [3.63, 3.8) is 0 Å². The van der Waals surface area contributed by atoms with E-state index in [1.54, 1.807) is 30.5 Å². The van der Waals surface area contributed by atoms with E-state index in [1.165, 1.54) is 5.56 Å². The summed E-state index contributed by atoms with van der Waals surface area (Å²) in [4.78, 5) is 20.6. The van der Waals surface area contributed by atoms with Crippen molar-refractivity contribution in [2.75, 3.05) is 0 Å². The van der Waals surface area contributed by atoms with Gasteiger partial charge < -0.3 is 5.32 Å². The van der Waals surface area contributed by atoms with Crippen LogP contribution in [-0.4, -0.2) is 25.7 Å². The van der Waals surface area contributed by atoms with Crippen molar-refractivity contribution in [1.82, 2.24) is 19.9 Å². The number of rotatable bonds is 7. The number of thioether (sulfide) groups is 1. The zero-order valence-electron chi connectivity index (χ0n) is 14.0. The van der Waals surface area contributed by atoms with Crippen LogP contribution in [0.3, 0.4) is 0 Å². The van der Waals surface area contributed by atoms with Crippen LogP contribution in [0.1, 0.15) is 18.1 Å². The lowest BCUT2D eigenvalue weighted by atomic mass is 10.2. The van der Waals surface area contributed by atoms with Gasteiger partial charge in [0.25, 0.3) is 0 Å². The molecule has 0 unspecified atom stereocenters. The molecule has 1 aromatic carbocycles. The van der Waals surface area contributed by atoms with Crippen molar-refractivity contribution in [3.05, 3.63) is 78.5 Å². The van der Waals surface area contributed by atoms with Crippen molar-refractivity contribution in [1.29, 1.82) is 0 Å². The van der Waals surface area contributed by atoms with Gasteiger partial charge in [-0.1, -0.05) is 36.4 Å². The summed E-state index contributed by atoms with van der Waals surface area (Å²) in [5.41, 5.74) is 2.20. The molecule has 0 aliphatic rings. The van der Waals surface area contributed by atoms with E-state index in [1.807, 2.05) is 48.0 Å². The number of benzene rings is 1. The molecule has 2 aromatic heterocycles. The van der Waals surface area contributed by atoms with Gasteiger partial charge in [0.1, 0.15) is 12.1 Å². The minimum Gasteiger partial charge on any atom is -0.351 e. The fraction of sp³-hybridized carbons (Fsp3) is 0.211. The normalized spacial score (nSPS) is 11.9. The van der Waals surface area contributed by atoms with Crippen LogP contribution >= 0.6 is 11.8 Å². The van der Waals surface area contributed by atoms with Gasteiger partial charge in [0, 0.05) is 30.9 Å². The number of imidazole rings is 1. The smallest absolute Gasteiger partial charge is 0.233 e. The summed E-state index contributed by atoms with van der Waals surface area (Å²) in [5, 5.41) is 2.87. The Morgan fingerprint density at radius 1 is 1.20 bits per heavy atom. The number of hydrogen-bond donors (Lipinski definition) is 1. The third-order valence-corrected chi connectivity index (χ3v) is 4.97. The lowest BCUT2D eigenvalue weighted by molar-refractivity contribution is -0.120. The van der Waals surface area contributed by atoms with E-state index >= 15 is 0 Å². The van der Waals surface area contributed by atoms with Crippen LogP contribution in [0.2, 0.25) is 0 Å². The molecule has 25 heavy (non-hydrogen) atoms. The van der Waals surface area contributed by atoms with Crippen molar-refractivity contribution in [2.24, 2.45) is 0 Å². The highest BCUT2D eigenvalue weighted by molar-refractivity contribution is 7.99. The van der Waals surface area contributed by atoms with Crippen molar-refractivity contribution in [3.8, 4) is 5.82 Å². The summed E-state index contributed by atoms with van der Waals surface area (Å²) < 4.78 is 1.84. The maximum atomic E-state index is 12.2. The maximum absolute atomic E-state index is 12.2. The lowest BCUT2D eigenvalue weighted by Crippen LogP contribution is -2.30. The van der Waals surface area contributed by atoms with Gasteiger partial charge in [-0.2, -0.15) is 0 Å². The standard InChI is InChI=1S/C19H20N4OS/c1-15(25-13-16-5-3-2-4-6-16)19(24)22-12-17-7-8-18(21-11-17)23-10-9-20-14-23/h2-11,14-15H,12-13H2,1H3,(H,22,24)/t15-/m0/s1. The highest BCUT2D eigenvalue weighted by atomic mass is 32.2. The Morgan fingerprint density at radius 3 is 2.72 bits per heavy atom. The molecule has 1 atom stereocenters. The maximum Gasteiger partial charge on any atom is 0.233 e. The molecule has 0 saturated heterocycles. The van der Waals surface area contributed by atoms with E-state index in [9.17, 15) is 4.79 Å². The molecule has 0 radical (unpaired) electrons. The molecule has 128 valence electrons. The largest absolute Gasteiger partial charge is 0.351 e. The van der Waals surface area contributed by atoms with Crippen LogP contribution in [0.5, 0.6) is 0 Å². The van der Waals surface area contributed by atoms with E-state index in [0.29, 0.717) is 6.54 Å². The SMILES string of the molecule is C[C@H](SCc1ccccc1)C(=O)NCc1ccc(-n2ccnc2)nc1. The van der Waals surface area contributed by atoms with Crippen molar-refractivity contribution < 1.29 is 4.79 Å². The predicted molar refractivity (Wildman–Crippen MR) is 100 cm³/mol. The van der Waals surface area contributed by atoms with E-state index in [2.05, 4.69) is 27.4 Å². The molecule has 2 heterocycles. The number of nitrogens with zero attached hydrogens (tertiary/aromatic N) is 3. The van der Waals surface area contributed by atoms with E-state index in [-0.39, 0.29) is 11.2 Å². The molecule has 3 rings (SSSR count). The van der Waals surface area contributed by atoms with Crippen molar-refractivity contribution >= 4 is 17.7 Å². The van der Waals surface area contributed by atoms with Crippen LogP contribution in [0.25, 0.3) is 5.82 Å². The third kappa shape index (κ3) is 4.93. The first-order chi connectivity index (χ1) is 12.2. The van der Waals surface area contributed by atoms with Crippen LogP contribution in [0, 0.1) is 0 Å². The molecule has 1 N–H and O–H groups in total. The highest BCUT2D eigenvalue weighted by Crippen LogP contribution is 2.17. The Bertz CT molecular complexity index is 788. The fourth-order valence-electron chi connectivity index (χ4n) is 2.27. The minimum absolute atomic E-state index is 0.0413. The molecule has 0 fully saturated rings. The first-order valence-corrected chi connectivity index (χ1v) is 9.14. The first-order valence-electron chi connectivity index (χ1n) is 8.09. The Labute approximate surface area is 151 Å². The molecule has 1 amide bonds. The van der Waals surface area contributed by atoms with Gasteiger partial charge in [-0.3, -0.25) is 9.36 Å². The van der Waals surface area contributed by atoms with Gasteiger partial charge in [-0.25, -0.2) is 9.97 Å². The first kappa shape index (κ1) is 17.2. The zero-order valence-corrected chi connectivity index (χ0v) is 14.8. The Morgan fingerprint density at radius 2 is 2.04 bits per heavy atom. The molecule has 6 heteroatoms. The second kappa shape index (κ2) is 8.48. The summed E-state index contributed by atoms with van der Waals surface area (Å²) >= 11 is 1.64. The number of amides is 1. The number of hydrogen-bond acceptors (Lipinski definition) is 4. The Kier molecular flexibility index (Phi) is 5.85. The predicted octanol–water partition coefficient (Wildman–Crippen LogP) is 3.21. The topological polar surface area (TPSA) is 59.8 Å². The monoisotopic (exact) mass is 352 g/mol. The second-order valence-corrected chi connectivity index (χ2v) is 6.98. The fourth-order valence-corrected chi connectivity index (χ4v) is 3.14. The summed E-state index contributed by atoms with van der Waals surface area (Å²) in [6, 6.07) is 14.1. The molecular weight excluding hydrogens is 332 g/mol. The second-order valence-electron chi connectivity index (χ2n) is 5.65. The lowest BCUT2D eigenvalue weighted by Gasteiger charge is -2.12. The molecule has 0 spiro atoms. The van der Waals surface area contributed by atoms with Crippen LogP contribution < -0.4 is 5.32 Å². The third-order valence-electron chi connectivity index (χ3n) is 3.76. The molecule has 3 aromatic rings.